The number of fused-ring (bicyclic) bond motifs is 1. The van der Waals surface area contributed by atoms with Crippen LogP contribution < -0.4 is 0 Å². The fourth-order valence-electron chi connectivity index (χ4n) is 2.13. The van der Waals surface area contributed by atoms with Crippen molar-refractivity contribution in [3.8, 4) is 0 Å². The molecule has 2 aromatic heterocycles. The standard InChI is InChI=1S/C14H16N4O/c1-14(2,3)18-9-11(7-16-18)10-6-13(19)12-4-5-15-17(12)8-10/h4-5,7-9H,6H2,1-3H3. The molecular formula is C14H16N4O. The first-order chi connectivity index (χ1) is 8.95. The van der Waals surface area contributed by atoms with Crippen LogP contribution in [0.1, 0.15) is 43.2 Å². The van der Waals surface area contributed by atoms with Crippen molar-refractivity contribution in [1.29, 1.82) is 0 Å². The van der Waals surface area contributed by atoms with Gasteiger partial charge in [-0.15, -0.1) is 0 Å². The van der Waals surface area contributed by atoms with Gasteiger partial charge in [0.25, 0.3) is 0 Å². The topological polar surface area (TPSA) is 52.7 Å². The number of rotatable bonds is 1. The first kappa shape index (κ1) is 11.9. The van der Waals surface area contributed by atoms with Gasteiger partial charge in [-0.1, -0.05) is 0 Å². The summed E-state index contributed by atoms with van der Waals surface area (Å²) in [5.41, 5.74) is 2.52. The van der Waals surface area contributed by atoms with Crippen molar-refractivity contribution in [2.45, 2.75) is 32.7 Å². The second-order valence-electron chi connectivity index (χ2n) is 5.76. The third-order valence-corrected chi connectivity index (χ3v) is 3.23. The molecule has 0 saturated heterocycles. The number of carbonyl (C=O) groups is 1. The first-order valence-corrected chi connectivity index (χ1v) is 6.28. The van der Waals surface area contributed by atoms with Crippen LogP contribution in [0.2, 0.25) is 0 Å². The molecule has 19 heavy (non-hydrogen) atoms. The molecule has 1 aliphatic heterocycles. The van der Waals surface area contributed by atoms with Gasteiger partial charge in [-0.2, -0.15) is 10.2 Å². The van der Waals surface area contributed by atoms with E-state index < -0.39 is 0 Å². The van der Waals surface area contributed by atoms with Crippen molar-refractivity contribution in [3.63, 3.8) is 0 Å². The number of hydrogen-bond acceptors (Lipinski definition) is 3. The zero-order chi connectivity index (χ0) is 13.6. The summed E-state index contributed by atoms with van der Waals surface area (Å²) in [6, 6.07) is 1.74. The molecule has 0 fully saturated rings. The Kier molecular flexibility index (Phi) is 2.45. The molecule has 2 aromatic rings. The average molecular weight is 256 g/mol. The molecule has 0 spiro atoms. The Hall–Kier alpha value is -2.17. The predicted molar refractivity (Wildman–Crippen MR) is 72.6 cm³/mol. The highest BCUT2D eigenvalue weighted by molar-refractivity contribution is 6.05. The number of allylic oxidation sites excluding steroid dienone is 1. The molecule has 0 amide bonds. The van der Waals surface area contributed by atoms with E-state index >= 15 is 0 Å². The molecule has 98 valence electrons. The van der Waals surface area contributed by atoms with Gasteiger partial charge in [0, 0.05) is 24.4 Å². The third kappa shape index (κ3) is 2.01. The maximum atomic E-state index is 12.0. The van der Waals surface area contributed by atoms with Gasteiger partial charge in [-0.25, -0.2) is 4.68 Å². The number of carbonyl (C=O) groups excluding carboxylic acids is 1. The van der Waals surface area contributed by atoms with Gasteiger partial charge in [0.15, 0.2) is 5.78 Å². The lowest BCUT2D eigenvalue weighted by molar-refractivity contribution is 0.0989. The summed E-state index contributed by atoms with van der Waals surface area (Å²) in [5.74, 6) is 0.0958. The SMILES string of the molecule is CC(C)(C)n1cc(C2=Cn3nccc3C(=O)C2)cn1. The van der Waals surface area contributed by atoms with E-state index in [0.717, 1.165) is 11.1 Å². The molecule has 3 rings (SSSR count). The van der Waals surface area contributed by atoms with Crippen LogP contribution >= 0.6 is 0 Å². The fraction of sp³-hybridized carbons (Fsp3) is 0.357. The normalized spacial score (nSPS) is 15.3. The number of aromatic nitrogens is 4. The molecule has 1 aliphatic rings. The Morgan fingerprint density at radius 3 is 2.74 bits per heavy atom. The number of nitrogens with zero attached hydrogens (tertiary/aromatic N) is 4. The number of hydrogen-bond donors (Lipinski definition) is 0. The van der Waals surface area contributed by atoms with E-state index in [1.54, 1.807) is 23.1 Å². The molecule has 5 heteroatoms. The summed E-state index contributed by atoms with van der Waals surface area (Å²) in [6.07, 6.45) is 7.74. The quantitative estimate of drug-likeness (QED) is 0.787. The molecule has 0 radical (unpaired) electrons. The van der Waals surface area contributed by atoms with Crippen molar-refractivity contribution in [1.82, 2.24) is 19.6 Å². The largest absolute Gasteiger partial charge is 0.292 e. The van der Waals surface area contributed by atoms with Crippen molar-refractivity contribution in [2.75, 3.05) is 0 Å². The van der Waals surface area contributed by atoms with Crippen molar-refractivity contribution < 1.29 is 4.79 Å². The molecule has 5 nitrogen and oxygen atoms in total. The Balaban J connectivity index is 2.01. The second-order valence-corrected chi connectivity index (χ2v) is 5.76. The first-order valence-electron chi connectivity index (χ1n) is 6.28. The molecule has 0 aliphatic carbocycles. The van der Waals surface area contributed by atoms with Gasteiger partial charge in [0.1, 0.15) is 5.69 Å². The van der Waals surface area contributed by atoms with E-state index in [9.17, 15) is 4.79 Å². The van der Waals surface area contributed by atoms with Gasteiger partial charge in [0.05, 0.1) is 17.9 Å². The van der Waals surface area contributed by atoms with Crippen molar-refractivity contribution in [2.24, 2.45) is 0 Å². The minimum Gasteiger partial charge on any atom is -0.292 e. The maximum absolute atomic E-state index is 12.0. The number of ketones is 1. The molecule has 0 N–H and O–H groups in total. The lowest BCUT2D eigenvalue weighted by atomic mass is 10.0. The highest BCUT2D eigenvalue weighted by Crippen LogP contribution is 2.26. The summed E-state index contributed by atoms with van der Waals surface area (Å²) < 4.78 is 3.54. The molecule has 0 aromatic carbocycles. The Labute approximate surface area is 111 Å². The molecule has 0 saturated carbocycles. The fourth-order valence-corrected chi connectivity index (χ4v) is 2.13. The molecule has 0 bridgehead atoms. The van der Waals surface area contributed by atoms with Gasteiger partial charge in [-0.05, 0) is 32.4 Å². The van der Waals surface area contributed by atoms with Crippen LogP contribution in [0.5, 0.6) is 0 Å². The van der Waals surface area contributed by atoms with Gasteiger partial charge in [-0.3, -0.25) is 9.48 Å². The Bertz CT molecular complexity index is 670. The minimum absolute atomic E-state index is 0.0612. The second kappa shape index (κ2) is 3.91. The van der Waals surface area contributed by atoms with E-state index in [1.165, 1.54) is 0 Å². The average Bonchev–Trinajstić information content (AvgIpc) is 2.96. The monoisotopic (exact) mass is 256 g/mol. The third-order valence-electron chi connectivity index (χ3n) is 3.23. The van der Waals surface area contributed by atoms with E-state index in [2.05, 4.69) is 31.0 Å². The lowest BCUT2D eigenvalue weighted by Crippen LogP contribution is -2.22. The summed E-state index contributed by atoms with van der Waals surface area (Å²) in [6.45, 7) is 6.28. The lowest BCUT2D eigenvalue weighted by Gasteiger charge is -2.19. The van der Waals surface area contributed by atoms with Crippen LogP contribution in [-0.2, 0) is 5.54 Å². The zero-order valence-electron chi connectivity index (χ0n) is 11.3. The molecular weight excluding hydrogens is 240 g/mol. The summed E-state index contributed by atoms with van der Waals surface area (Å²) >= 11 is 0. The number of Topliss-reactive ketones (excluding diaryl/α,β-unsaturated/α-hetero) is 1. The van der Waals surface area contributed by atoms with E-state index in [0.29, 0.717) is 12.1 Å². The van der Waals surface area contributed by atoms with Crippen LogP contribution in [0.3, 0.4) is 0 Å². The van der Waals surface area contributed by atoms with Crippen LogP contribution in [0, 0.1) is 0 Å². The Morgan fingerprint density at radius 1 is 1.26 bits per heavy atom. The van der Waals surface area contributed by atoms with E-state index in [-0.39, 0.29) is 11.3 Å². The van der Waals surface area contributed by atoms with Gasteiger partial charge < -0.3 is 0 Å². The van der Waals surface area contributed by atoms with Crippen LogP contribution in [0.15, 0.2) is 24.7 Å². The van der Waals surface area contributed by atoms with E-state index in [1.807, 2.05) is 17.1 Å². The van der Waals surface area contributed by atoms with Crippen LogP contribution in [0.4, 0.5) is 0 Å². The van der Waals surface area contributed by atoms with Gasteiger partial charge in [0.2, 0.25) is 0 Å². The zero-order valence-corrected chi connectivity index (χ0v) is 11.3. The molecule has 0 atom stereocenters. The summed E-state index contributed by atoms with van der Waals surface area (Å²) in [5, 5.41) is 8.50. The highest BCUT2D eigenvalue weighted by atomic mass is 16.1. The van der Waals surface area contributed by atoms with Crippen molar-refractivity contribution >= 4 is 17.6 Å². The highest BCUT2D eigenvalue weighted by Gasteiger charge is 2.22. The molecule has 3 heterocycles. The summed E-state index contributed by atoms with van der Waals surface area (Å²) in [7, 11) is 0. The smallest absolute Gasteiger partial charge is 0.185 e. The predicted octanol–water partition coefficient (Wildman–Crippen LogP) is 2.42. The van der Waals surface area contributed by atoms with E-state index in [4.69, 9.17) is 0 Å². The maximum Gasteiger partial charge on any atom is 0.185 e. The van der Waals surface area contributed by atoms with Crippen molar-refractivity contribution in [3.05, 3.63) is 35.9 Å². The minimum atomic E-state index is -0.0612. The Morgan fingerprint density at radius 2 is 2.05 bits per heavy atom. The molecule has 0 unspecified atom stereocenters. The summed E-state index contributed by atoms with van der Waals surface area (Å²) in [4.78, 5) is 12.0. The van der Waals surface area contributed by atoms with Crippen LogP contribution in [0.25, 0.3) is 11.8 Å². The van der Waals surface area contributed by atoms with Gasteiger partial charge >= 0.3 is 0 Å². The van der Waals surface area contributed by atoms with Crippen LogP contribution in [-0.4, -0.2) is 25.3 Å².